The maximum Gasteiger partial charge on any atom is 0.154 e. The number of benzene rings is 1. The Morgan fingerprint density at radius 1 is 1.19 bits per heavy atom. The van der Waals surface area contributed by atoms with Gasteiger partial charge in [-0.05, 0) is 37.5 Å². The van der Waals surface area contributed by atoms with Crippen LogP contribution in [0.1, 0.15) is 19.3 Å². The lowest BCUT2D eigenvalue weighted by molar-refractivity contribution is -0.00234. The number of rotatable bonds is 6. The van der Waals surface area contributed by atoms with E-state index in [0.29, 0.717) is 36.3 Å². The molecule has 7 heteroatoms. The molecule has 1 aliphatic carbocycles. The van der Waals surface area contributed by atoms with Crippen LogP contribution < -0.4 is 5.73 Å². The lowest BCUT2D eigenvalue weighted by Crippen LogP contribution is -2.23. The highest BCUT2D eigenvalue weighted by atomic mass is 16.5. The van der Waals surface area contributed by atoms with Crippen LogP contribution in [-0.4, -0.2) is 37.8 Å². The Kier molecular flexibility index (Phi) is 4.53. The van der Waals surface area contributed by atoms with E-state index in [4.69, 9.17) is 10.5 Å². The number of nitrogens with two attached hydrogens (primary N) is 1. The van der Waals surface area contributed by atoms with Crippen LogP contribution in [-0.2, 0) is 11.3 Å². The first kappa shape index (κ1) is 16.5. The fraction of sp³-hybridized carbons (Fsp3) is 0.316. The number of para-hydroxylation sites is 1. The summed E-state index contributed by atoms with van der Waals surface area (Å²) in [5.74, 6) is 0.482. The average Bonchev–Trinajstić information content (AvgIpc) is 3.07. The highest BCUT2D eigenvalue weighted by Crippen LogP contribution is 2.31. The van der Waals surface area contributed by atoms with E-state index in [9.17, 15) is 5.11 Å². The van der Waals surface area contributed by atoms with E-state index in [1.807, 2.05) is 23.0 Å². The van der Waals surface area contributed by atoms with Crippen molar-refractivity contribution in [3.8, 4) is 28.1 Å². The molecule has 1 aromatic carbocycles. The molecule has 1 saturated carbocycles. The normalized spacial score (nSPS) is 14.3. The molecule has 0 bridgehead atoms. The molecule has 3 N–H and O–H groups in total. The minimum Gasteiger partial charge on any atom is -0.507 e. The van der Waals surface area contributed by atoms with Gasteiger partial charge in [-0.1, -0.05) is 12.1 Å². The summed E-state index contributed by atoms with van der Waals surface area (Å²) in [4.78, 5) is 0. The fourth-order valence-corrected chi connectivity index (χ4v) is 2.93. The monoisotopic (exact) mass is 351 g/mol. The second kappa shape index (κ2) is 7.13. The molecule has 3 aromatic rings. The van der Waals surface area contributed by atoms with Crippen LogP contribution in [0, 0.1) is 0 Å². The maximum atomic E-state index is 10.0. The van der Waals surface area contributed by atoms with Crippen LogP contribution in [0.15, 0.2) is 42.7 Å². The van der Waals surface area contributed by atoms with Gasteiger partial charge in [0.1, 0.15) is 5.75 Å². The summed E-state index contributed by atoms with van der Waals surface area (Å²) in [7, 11) is 0. The molecule has 0 radical (unpaired) electrons. The number of ether oxygens (including phenoxy) is 1. The van der Waals surface area contributed by atoms with Crippen LogP contribution in [0.4, 0.5) is 5.82 Å². The van der Waals surface area contributed by atoms with Crippen LogP contribution in [0.5, 0.6) is 5.75 Å². The van der Waals surface area contributed by atoms with E-state index in [2.05, 4.69) is 15.3 Å². The average molecular weight is 351 g/mol. The molecule has 0 unspecified atom stereocenters. The van der Waals surface area contributed by atoms with E-state index >= 15 is 0 Å². The third kappa shape index (κ3) is 3.39. The van der Waals surface area contributed by atoms with Crippen molar-refractivity contribution in [2.24, 2.45) is 0 Å². The summed E-state index contributed by atoms with van der Waals surface area (Å²) in [5, 5.41) is 22.6. The summed E-state index contributed by atoms with van der Waals surface area (Å²) in [6.45, 7) is 1.35. The first-order valence-corrected chi connectivity index (χ1v) is 8.77. The molecule has 2 aromatic heterocycles. The summed E-state index contributed by atoms with van der Waals surface area (Å²) >= 11 is 0. The van der Waals surface area contributed by atoms with E-state index in [1.54, 1.807) is 24.4 Å². The number of hydrogen-bond acceptors (Lipinski definition) is 6. The lowest BCUT2D eigenvalue weighted by Gasteiger charge is -2.25. The number of nitrogens with zero attached hydrogens (tertiary/aromatic N) is 4. The number of phenolic OH excluding ortho intramolecular Hbond substituents is 1. The maximum absolute atomic E-state index is 10.0. The van der Waals surface area contributed by atoms with Crippen molar-refractivity contribution in [2.45, 2.75) is 31.9 Å². The predicted molar refractivity (Wildman–Crippen MR) is 98.4 cm³/mol. The summed E-state index contributed by atoms with van der Waals surface area (Å²) in [6.07, 6.45) is 7.70. The molecule has 134 valence electrons. The second-order valence-corrected chi connectivity index (χ2v) is 6.46. The molecule has 1 fully saturated rings. The molecular weight excluding hydrogens is 330 g/mol. The first-order chi connectivity index (χ1) is 12.7. The molecule has 26 heavy (non-hydrogen) atoms. The zero-order valence-corrected chi connectivity index (χ0v) is 14.4. The standard InChI is InChI=1S/C19H21N5O2/c20-19-16(10-17(22-23-19)15-6-1-2-7-18(15)25)13-11-21-24(12-13)8-9-26-14-4-3-5-14/h1-2,6-7,10-12,14,25H,3-5,8-9H2,(H2,20,23). The largest absolute Gasteiger partial charge is 0.507 e. The zero-order chi connectivity index (χ0) is 17.9. The Labute approximate surface area is 151 Å². The van der Waals surface area contributed by atoms with Gasteiger partial charge in [-0.2, -0.15) is 5.10 Å². The summed E-state index contributed by atoms with van der Waals surface area (Å²) in [6, 6.07) is 8.84. The third-order valence-electron chi connectivity index (χ3n) is 4.67. The minimum absolute atomic E-state index is 0.154. The second-order valence-electron chi connectivity index (χ2n) is 6.46. The molecule has 0 saturated heterocycles. The van der Waals surface area contributed by atoms with Gasteiger partial charge >= 0.3 is 0 Å². The molecule has 0 amide bonds. The van der Waals surface area contributed by atoms with Crippen LogP contribution in [0.2, 0.25) is 0 Å². The van der Waals surface area contributed by atoms with Gasteiger partial charge in [0.25, 0.3) is 0 Å². The van der Waals surface area contributed by atoms with Crippen molar-refractivity contribution in [1.82, 2.24) is 20.0 Å². The number of anilines is 1. The minimum atomic E-state index is 0.154. The molecule has 4 rings (SSSR count). The van der Waals surface area contributed by atoms with Crippen molar-refractivity contribution in [3.63, 3.8) is 0 Å². The summed E-state index contributed by atoms with van der Waals surface area (Å²) < 4.78 is 7.62. The Morgan fingerprint density at radius 3 is 2.81 bits per heavy atom. The molecular formula is C19H21N5O2. The number of phenols is 1. The van der Waals surface area contributed by atoms with E-state index in [-0.39, 0.29) is 5.75 Å². The zero-order valence-electron chi connectivity index (χ0n) is 14.4. The first-order valence-electron chi connectivity index (χ1n) is 8.77. The Morgan fingerprint density at radius 2 is 2.04 bits per heavy atom. The Hall–Kier alpha value is -2.93. The van der Waals surface area contributed by atoms with Crippen molar-refractivity contribution in [3.05, 3.63) is 42.7 Å². The van der Waals surface area contributed by atoms with Gasteiger partial charge in [-0.15, -0.1) is 10.2 Å². The highest BCUT2D eigenvalue weighted by Gasteiger charge is 2.17. The number of nitrogen functional groups attached to an aromatic ring is 1. The predicted octanol–water partition coefficient (Wildman–Crippen LogP) is 2.86. The van der Waals surface area contributed by atoms with Crippen LogP contribution in [0.3, 0.4) is 0 Å². The van der Waals surface area contributed by atoms with Gasteiger partial charge < -0.3 is 15.6 Å². The Bertz CT molecular complexity index is 904. The van der Waals surface area contributed by atoms with Crippen LogP contribution in [0.25, 0.3) is 22.4 Å². The number of aromatic hydroxyl groups is 1. The van der Waals surface area contributed by atoms with E-state index in [1.165, 1.54) is 19.3 Å². The highest BCUT2D eigenvalue weighted by molar-refractivity contribution is 5.78. The van der Waals surface area contributed by atoms with Crippen molar-refractivity contribution >= 4 is 5.82 Å². The van der Waals surface area contributed by atoms with Gasteiger partial charge in [0.15, 0.2) is 5.82 Å². The van der Waals surface area contributed by atoms with Crippen LogP contribution >= 0.6 is 0 Å². The Balaban J connectivity index is 1.53. The van der Waals surface area contributed by atoms with Gasteiger partial charge in [0.2, 0.25) is 0 Å². The molecule has 1 aliphatic rings. The van der Waals surface area contributed by atoms with E-state index < -0.39 is 0 Å². The van der Waals surface area contributed by atoms with Gasteiger partial charge in [0.05, 0.1) is 31.1 Å². The molecule has 7 nitrogen and oxygen atoms in total. The summed E-state index contributed by atoms with van der Waals surface area (Å²) in [5.41, 5.74) is 8.79. The molecule has 2 heterocycles. The number of aromatic nitrogens is 4. The quantitative estimate of drug-likeness (QED) is 0.708. The smallest absolute Gasteiger partial charge is 0.154 e. The fourth-order valence-electron chi connectivity index (χ4n) is 2.93. The SMILES string of the molecule is Nc1nnc(-c2ccccc2O)cc1-c1cnn(CCOC2CCC2)c1. The topological polar surface area (TPSA) is 99.1 Å². The van der Waals surface area contributed by atoms with Gasteiger partial charge in [-0.25, -0.2) is 0 Å². The van der Waals surface area contributed by atoms with Crippen molar-refractivity contribution in [2.75, 3.05) is 12.3 Å². The lowest BCUT2D eigenvalue weighted by atomic mass is 9.96. The van der Waals surface area contributed by atoms with E-state index in [0.717, 1.165) is 11.1 Å². The van der Waals surface area contributed by atoms with Gasteiger partial charge in [-0.3, -0.25) is 4.68 Å². The van der Waals surface area contributed by atoms with Gasteiger partial charge in [0, 0.05) is 22.9 Å². The molecule has 0 spiro atoms. The number of hydrogen-bond donors (Lipinski definition) is 2. The third-order valence-corrected chi connectivity index (χ3v) is 4.67. The van der Waals surface area contributed by atoms with Crippen molar-refractivity contribution < 1.29 is 9.84 Å². The molecule has 0 aliphatic heterocycles. The molecule has 0 atom stereocenters. The van der Waals surface area contributed by atoms with Crippen molar-refractivity contribution in [1.29, 1.82) is 0 Å².